The summed E-state index contributed by atoms with van der Waals surface area (Å²) in [6, 6.07) is 16.1. The Morgan fingerprint density at radius 1 is 1.15 bits per heavy atom. The first-order valence-electron chi connectivity index (χ1n) is 6.03. The lowest BCUT2D eigenvalue weighted by Gasteiger charge is -2.09. The lowest BCUT2D eigenvalue weighted by molar-refractivity contribution is -0.123. The fourth-order valence-electron chi connectivity index (χ4n) is 1.55. The van der Waals surface area contributed by atoms with E-state index in [0.29, 0.717) is 16.5 Å². The molecular formula is C15H13ClFNOS. The highest BCUT2D eigenvalue weighted by molar-refractivity contribution is 8.00. The van der Waals surface area contributed by atoms with Crippen LogP contribution in [0.15, 0.2) is 59.5 Å². The van der Waals surface area contributed by atoms with E-state index in [1.54, 1.807) is 24.3 Å². The predicted octanol–water partition coefficient (Wildman–Crippen LogP) is 4.04. The molecule has 0 saturated carbocycles. The van der Waals surface area contributed by atoms with Gasteiger partial charge in [-0.05, 0) is 29.8 Å². The maximum absolute atomic E-state index is 13.8. The standard InChI is InChI=1S/C15H13ClFNOS/c16-12-6-8-13(9-7-12)20-14(17)15(19)18-10-11-4-2-1-3-5-11/h1-9,14H,10H2,(H,18,19). The fraction of sp³-hybridized carbons (Fsp3) is 0.133. The molecular weight excluding hydrogens is 297 g/mol. The number of halogens is 2. The molecule has 1 N–H and O–H groups in total. The molecule has 0 heterocycles. The van der Waals surface area contributed by atoms with Crippen LogP contribution in [0.25, 0.3) is 0 Å². The molecule has 2 rings (SSSR count). The van der Waals surface area contributed by atoms with Crippen molar-refractivity contribution in [1.82, 2.24) is 5.32 Å². The minimum absolute atomic E-state index is 0.321. The summed E-state index contributed by atoms with van der Waals surface area (Å²) in [7, 11) is 0. The zero-order valence-electron chi connectivity index (χ0n) is 10.6. The van der Waals surface area contributed by atoms with Crippen LogP contribution in [0.2, 0.25) is 5.02 Å². The van der Waals surface area contributed by atoms with Gasteiger partial charge in [-0.25, -0.2) is 4.39 Å². The first kappa shape index (κ1) is 14.9. The van der Waals surface area contributed by atoms with E-state index in [4.69, 9.17) is 11.6 Å². The van der Waals surface area contributed by atoms with Gasteiger partial charge in [0.25, 0.3) is 5.91 Å². The zero-order valence-corrected chi connectivity index (χ0v) is 12.1. The average molecular weight is 310 g/mol. The molecule has 2 aromatic rings. The highest BCUT2D eigenvalue weighted by Crippen LogP contribution is 2.25. The second-order valence-corrected chi connectivity index (χ2v) is 5.65. The summed E-state index contributed by atoms with van der Waals surface area (Å²) < 4.78 is 13.8. The van der Waals surface area contributed by atoms with Crippen LogP contribution in [0.4, 0.5) is 4.39 Å². The lowest BCUT2D eigenvalue weighted by Crippen LogP contribution is -2.29. The number of rotatable bonds is 5. The highest BCUT2D eigenvalue weighted by atomic mass is 35.5. The maximum Gasteiger partial charge on any atom is 0.265 e. The molecule has 0 aliphatic heterocycles. The van der Waals surface area contributed by atoms with E-state index in [0.717, 1.165) is 17.3 Å². The van der Waals surface area contributed by atoms with Crippen molar-refractivity contribution in [1.29, 1.82) is 0 Å². The largest absolute Gasteiger partial charge is 0.349 e. The van der Waals surface area contributed by atoms with Crippen LogP contribution >= 0.6 is 23.4 Å². The zero-order chi connectivity index (χ0) is 14.4. The van der Waals surface area contributed by atoms with Gasteiger partial charge in [-0.15, -0.1) is 0 Å². The minimum Gasteiger partial charge on any atom is -0.349 e. The van der Waals surface area contributed by atoms with Gasteiger partial charge < -0.3 is 5.32 Å². The molecule has 0 spiro atoms. The van der Waals surface area contributed by atoms with Crippen LogP contribution in [0, 0.1) is 0 Å². The van der Waals surface area contributed by atoms with Crippen LogP contribution in [-0.4, -0.2) is 11.4 Å². The maximum atomic E-state index is 13.8. The molecule has 0 saturated heterocycles. The van der Waals surface area contributed by atoms with Gasteiger partial charge in [0.05, 0.1) is 0 Å². The van der Waals surface area contributed by atoms with Crippen molar-refractivity contribution in [2.45, 2.75) is 16.9 Å². The molecule has 0 bridgehead atoms. The number of hydrogen-bond acceptors (Lipinski definition) is 2. The second kappa shape index (κ2) is 7.31. The van der Waals surface area contributed by atoms with Crippen LogP contribution in [-0.2, 0) is 11.3 Å². The van der Waals surface area contributed by atoms with Crippen molar-refractivity contribution < 1.29 is 9.18 Å². The number of thioether (sulfide) groups is 1. The molecule has 1 unspecified atom stereocenters. The lowest BCUT2D eigenvalue weighted by atomic mass is 10.2. The van der Waals surface area contributed by atoms with Crippen molar-refractivity contribution in [3.63, 3.8) is 0 Å². The fourth-order valence-corrected chi connectivity index (χ4v) is 2.40. The quantitative estimate of drug-likeness (QED) is 0.844. The van der Waals surface area contributed by atoms with Crippen molar-refractivity contribution >= 4 is 29.3 Å². The number of carbonyl (C=O) groups is 1. The Morgan fingerprint density at radius 2 is 1.80 bits per heavy atom. The molecule has 2 nitrogen and oxygen atoms in total. The Hall–Kier alpha value is -1.52. The van der Waals surface area contributed by atoms with Crippen molar-refractivity contribution in [2.24, 2.45) is 0 Å². The molecule has 104 valence electrons. The Bertz CT molecular complexity index is 562. The van der Waals surface area contributed by atoms with Gasteiger partial charge >= 0.3 is 0 Å². The van der Waals surface area contributed by atoms with Gasteiger partial charge in [0.1, 0.15) is 0 Å². The molecule has 0 fully saturated rings. The Labute approximate surface area is 126 Å². The number of hydrogen-bond donors (Lipinski definition) is 1. The topological polar surface area (TPSA) is 29.1 Å². The number of amides is 1. The number of carbonyl (C=O) groups excluding carboxylic acids is 1. The summed E-state index contributed by atoms with van der Waals surface area (Å²) in [4.78, 5) is 12.3. The van der Waals surface area contributed by atoms with Gasteiger partial charge in [0, 0.05) is 16.5 Å². The summed E-state index contributed by atoms with van der Waals surface area (Å²) in [5.74, 6) is -0.631. The molecule has 1 amide bonds. The first-order chi connectivity index (χ1) is 9.65. The summed E-state index contributed by atoms with van der Waals surface area (Å²) >= 11 is 6.60. The van der Waals surface area contributed by atoms with E-state index in [2.05, 4.69) is 5.32 Å². The third kappa shape index (κ3) is 4.54. The summed E-state index contributed by atoms with van der Waals surface area (Å²) in [5, 5.41) is 3.15. The van der Waals surface area contributed by atoms with Crippen molar-refractivity contribution in [3.8, 4) is 0 Å². The summed E-state index contributed by atoms with van der Waals surface area (Å²) in [6.07, 6.45) is 0. The van der Waals surface area contributed by atoms with Crippen LogP contribution in [0.3, 0.4) is 0 Å². The van der Waals surface area contributed by atoms with Gasteiger partial charge in [-0.2, -0.15) is 0 Å². The molecule has 0 aromatic heterocycles. The Kier molecular flexibility index (Phi) is 5.44. The van der Waals surface area contributed by atoms with E-state index in [9.17, 15) is 9.18 Å². The average Bonchev–Trinajstić information content (AvgIpc) is 2.48. The van der Waals surface area contributed by atoms with Crippen LogP contribution < -0.4 is 5.32 Å². The summed E-state index contributed by atoms with van der Waals surface area (Å²) in [5.41, 5.74) is -0.704. The Morgan fingerprint density at radius 3 is 2.45 bits per heavy atom. The predicted molar refractivity (Wildman–Crippen MR) is 80.5 cm³/mol. The van der Waals surface area contributed by atoms with E-state index >= 15 is 0 Å². The van der Waals surface area contributed by atoms with Crippen LogP contribution in [0.5, 0.6) is 0 Å². The second-order valence-electron chi connectivity index (χ2n) is 4.09. The van der Waals surface area contributed by atoms with Crippen LogP contribution in [0.1, 0.15) is 5.56 Å². The highest BCUT2D eigenvalue weighted by Gasteiger charge is 2.18. The molecule has 20 heavy (non-hydrogen) atoms. The number of benzene rings is 2. The monoisotopic (exact) mass is 309 g/mol. The van der Waals surface area contributed by atoms with Crippen molar-refractivity contribution in [2.75, 3.05) is 0 Å². The van der Waals surface area contributed by atoms with E-state index < -0.39 is 11.4 Å². The molecule has 2 aromatic carbocycles. The van der Waals surface area contributed by atoms with Gasteiger partial charge in [0.15, 0.2) is 0 Å². The van der Waals surface area contributed by atoms with Gasteiger partial charge in [-0.1, -0.05) is 53.7 Å². The first-order valence-corrected chi connectivity index (χ1v) is 7.29. The van der Waals surface area contributed by atoms with E-state index in [-0.39, 0.29) is 0 Å². The summed E-state index contributed by atoms with van der Waals surface area (Å²) in [6.45, 7) is 0.321. The van der Waals surface area contributed by atoms with Gasteiger partial charge in [-0.3, -0.25) is 4.79 Å². The molecule has 5 heteroatoms. The normalized spacial score (nSPS) is 11.9. The molecule has 0 aliphatic rings. The SMILES string of the molecule is O=C(NCc1ccccc1)C(F)Sc1ccc(Cl)cc1. The number of alkyl halides is 1. The Balaban J connectivity index is 1.84. The van der Waals surface area contributed by atoms with Gasteiger partial charge in [0.2, 0.25) is 5.50 Å². The number of nitrogens with one attached hydrogen (secondary N) is 1. The molecule has 0 radical (unpaired) electrons. The third-order valence-electron chi connectivity index (χ3n) is 2.57. The van der Waals surface area contributed by atoms with E-state index in [1.807, 2.05) is 30.3 Å². The molecule has 0 aliphatic carbocycles. The minimum atomic E-state index is -1.64. The van der Waals surface area contributed by atoms with E-state index in [1.165, 1.54) is 0 Å². The van der Waals surface area contributed by atoms with Crippen molar-refractivity contribution in [3.05, 3.63) is 65.2 Å². The third-order valence-corrected chi connectivity index (χ3v) is 3.79. The molecule has 1 atom stereocenters. The smallest absolute Gasteiger partial charge is 0.265 e.